The molecule has 1 aliphatic rings. The van der Waals surface area contributed by atoms with Gasteiger partial charge in [0.25, 0.3) is 0 Å². The fourth-order valence-electron chi connectivity index (χ4n) is 2.35. The molecule has 1 saturated heterocycles. The van der Waals surface area contributed by atoms with Crippen molar-refractivity contribution in [1.29, 1.82) is 0 Å². The summed E-state index contributed by atoms with van der Waals surface area (Å²) < 4.78 is 0. The number of hydrogen-bond donors (Lipinski definition) is 1. The quantitative estimate of drug-likeness (QED) is 0.892. The minimum Gasteiger partial charge on any atom is -0.382 e. The van der Waals surface area contributed by atoms with Crippen LogP contribution in [0, 0.1) is 6.92 Å². The lowest BCUT2D eigenvalue weighted by Gasteiger charge is -2.32. The molecule has 1 fully saturated rings. The summed E-state index contributed by atoms with van der Waals surface area (Å²) in [6.07, 6.45) is 2.00. The molecule has 0 radical (unpaired) electrons. The molecule has 1 aromatic rings. The molecule has 18 heavy (non-hydrogen) atoms. The van der Waals surface area contributed by atoms with E-state index in [0.29, 0.717) is 6.04 Å². The predicted octanol–water partition coefficient (Wildman–Crippen LogP) is 3.07. The highest BCUT2D eigenvalue weighted by Crippen LogP contribution is 2.22. The summed E-state index contributed by atoms with van der Waals surface area (Å²) in [5.41, 5.74) is 2.30. The Hall–Kier alpha value is -1.22. The van der Waals surface area contributed by atoms with Gasteiger partial charge in [0, 0.05) is 36.8 Å². The molecule has 1 aliphatic heterocycles. The molecule has 98 valence electrons. The monoisotopic (exact) mass is 266 g/mol. The van der Waals surface area contributed by atoms with Gasteiger partial charge in [-0.25, -0.2) is 0 Å². The Labute approximate surface area is 113 Å². The van der Waals surface area contributed by atoms with Crippen LogP contribution in [0.1, 0.15) is 25.3 Å². The van der Waals surface area contributed by atoms with Gasteiger partial charge in [0.2, 0.25) is 5.91 Å². The van der Waals surface area contributed by atoms with Crippen LogP contribution in [-0.4, -0.2) is 29.9 Å². The van der Waals surface area contributed by atoms with Crippen molar-refractivity contribution < 1.29 is 4.79 Å². The molecule has 1 amide bonds. The molecule has 1 heterocycles. The number of piperidine rings is 1. The van der Waals surface area contributed by atoms with Gasteiger partial charge in [0.15, 0.2) is 0 Å². The van der Waals surface area contributed by atoms with E-state index in [4.69, 9.17) is 11.6 Å². The van der Waals surface area contributed by atoms with Gasteiger partial charge >= 0.3 is 0 Å². The van der Waals surface area contributed by atoms with Gasteiger partial charge in [-0.3, -0.25) is 4.79 Å². The highest BCUT2D eigenvalue weighted by atomic mass is 35.5. The van der Waals surface area contributed by atoms with Crippen molar-refractivity contribution in [3.05, 3.63) is 28.8 Å². The highest BCUT2D eigenvalue weighted by molar-refractivity contribution is 6.30. The van der Waals surface area contributed by atoms with Gasteiger partial charge < -0.3 is 10.2 Å². The van der Waals surface area contributed by atoms with E-state index in [0.717, 1.165) is 42.2 Å². The first kappa shape index (κ1) is 13.2. The van der Waals surface area contributed by atoms with Crippen LogP contribution in [-0.2, 0) is 4.79 Å². The number of benzene rings is 1. The summed E-state index contributed by atoms with van der Waals surface area (Å²) in [4.78, 5) is 13.2. The van der Waals surface area contributed by atoms with Crippen LogP contribution in [0.4, 0.5) is 5.69 Å². The van der Waals surface area contributed by atoms with Gasteiger partial charge in [-0.2, -0.15) is 0 Å². The molecule has 4 heteroatoms. The number of amides is 1. The molecule has 0 saturated carbocycles. The maximum Gasteiger partial charge on any atom is 0.219 e. The number of aryl methyl sites for hydroxylation is 1. The topological polar surface area (TPSA) is 32.3 Å². The van der Waals surface area contributed by atoms with Gasteiger partial charge in [0.1, 0.15) is 0 Å². The van der Waals surface area contributed by atoms with Crippen molar-refractivity contribution >= 4 is 23.2 Å². The van der Waals surface area contributed by atoms with Crippen molar-refractivity contribution in [2.24, 2.45) is 0 Å². The number of halogens is 1. The lowest BCUT2D eigenvalue weighted by molar-refractivity contribution is -0.129. The Morgan fingerprint density at radius 2 is 2.06 bits per heavy atom. The smallest absolute Gasteiger partial charge is 0.219 e. The number of rotatable bonds is 2. The van der Waals surface area contributed by atoms with Crippen LogP contribution in [0.2, 0.25) is 5.02 Å². The van der Waals surface area contributed by atoms with Crippen LogP contribution in [0.3, 0.4) is 0 Å². The third kappa shape index (κ3) is 3.16. The summed E-state index contributed by atoms with van der Waals surface area (Å²) in [5, 5.41) is 4.31. The van der Waals surface area contributed by atoms with E-state index < -0.39 is 0 Å². The summed E-state index contributed by atoms with van der Waals surface area (Å²) in [5.74, 6) is 0.177. The minimum absolute atomic E-state index is 0.177. The standard InChI is InChI=1S/C14H19ClN2O/c1-10-9-12(15)3-4-14(10)16-13-5-7-17(8-6-13)11(2)18/h3-4,9,13,16H,5-8H2,1-2H3. The van der Waals surface area contributed by atoms with E-state index in [1.807, 2.05) is 23.1 Å². The first-order valence-corrected chi connectivity index (χ1v) is 6.72. The molecule has 2 rings (SSSR count). The molecule has 0 atom stereocenters. The summed E-state index contributed by atoms with van der Waals surface area (Å²) in [6, 6.07) is 6.34. The second-order valence-electron chi connectivity index (χ2n) is 4.88. The van der Waals surface area contributed by atoms with E-state index in [1.165, 1.54) is 0 Å². The van der Waals surface area contributed by atoms with Crippen LogP contribution >= 0.6 is 11.6 Å². The number of hydrogen-bond acceptors (Lipinski definition) is 2. The maximum atomic E-state index is 11.2. The summed E-state index contributed by atoms with van der Waals surface area (Å²) in [7, 11) is 0. The van der Waals surface area contributed by atoms with Crippen LogP contribution in [0.25, 0.3) is 0 Å². The average molecular weight is 267 g/mol. The molecule has 3 nitrogen and oxygen atoms in total. The van der Waals surface area contributed by atoms with Crippen LogP contribution in [0.5, 0.6) is 0 Å². The highest BCUT2D eigenvalue weighted by Gasteiger charge is 2.20. The number of likely N-dealkylation sites (tertiary alicyclic amines) is 1. The van der Waals surface area contributed by atoms with Crippen molar-refractivity contribution in [2.45, 2.75) is 32.7 Å². The first-order chi connectivity index (χ1) is 8.56. The van der Waals surface area contributed by atoms with Crippen molar-refractivity contribution in [3.8, 4) is 0 Å². The van der Waals surface area contributed by atoms with E-state index in [-0.39, 0.29) is 5.91 Å². The number of nitrogens with one attached hydrogen (secondary N) is 1. The molecule has 0 unspecified atom stereocenters. The zero-order valence-corrected chi connectivity index (χ0v) is 11.6. The predicted molar refractivity (Wildman–Crippen MR) is 75.1 cm³/mol. The van der Waals surface area contributed by atoms with Crippen molar-refractivity contribution in [1.82, 2.24) is 4.90 Å². The van der Waals surface area contributed by atoms with E-state index >= 15 is 0 Å². The number of nitrogens with zero attached hydrogens (tertiary/aromatic N) is 1. The third-order valence-corrected chi connectivity index (χ3v) is 3.72. The van der Waals surface area contributed by atoms with Crippen LogP contribution in [0.15, 0.2) is 18.2 Å². The van der Waals surface area contributed by atoms with E-state index in [1.54, 1.807) is 6.92 Å². The molecule has 0 aliphatic carbocycles. The van der Waals surface area contributed by atoms with Gasteiger partial charge in [-0.05, 0) is 43.5 Å². The fourth-order valence-corrected chi connectivity index (χ4v) is 2.57. The van der Waals surface area contributed by atoms with E-state index in [2.05, 4.69) is 12.2 Å². The average Bonchev–Trinajstić information content (AvgIpc) is 2.33. The fraction of sp³-hybridized carbons (Fsp3) is 0.500. The lowest BCUT2D eigenvalue weighted by Crippen LogP contribution is -2.41. The lowest BCUT2D eigenvalue weighted by atomic mass is 10.0. The Morgan fingerprint density at radius 3 is 2.61 bits per heavy atom. The molecule has 1 N–H and O–H groups in total. The molecule has 0 bridgehead atoms. The number of carbonyl (C=O) groups is 1. The maximum absolute atomic E-state index is 11.2. The molecule has 0 aromatic heterocycles. The molecular formula is C14H19ClN2O. The molecular weight excluding hydrogens is 248 g/mol. The third-order valence-electron chi connectivity index (χ3n) is 3.49. The Kier molecular flexibility index (Phi) is 4.12. The van der Waals surface area contributed by atoms with E-state index in [9.17, 15) is 4.79 Å². The second kappa shape index (κ2) is 5.61. The molecule has 0 spiro atoms. The summed E-state index contributed by atoms with van der Waals surface area (Å²) >= 11 is 5.94. The number of carbonyl (C=O) groups excluding carboxylic acids is 1. The summed E-state index contributed by atoms with van der Waals surface area (Å²) in [6.45, 7) is 5.38. The Bertz CT molecular complexity index is 439. The zero-order chi connectivity index (χ0) is 13.1. The second-order valence-corrected chi connectivity index (χ2v) is 5.32. The normalized spacial score (nSPS) is 16.7. The minimum atomic E-state index is 0.177. The van der Waals surface area contributed by atoms with Gasteiger partial charge in [-0.1, -0.05) is 11.6 Å². The van der Waals surface area contributed by atoms with Crippen molar-refractivity contribution in [2.75, 3.05) is 18.4 Å². The first-order valence-electron chi connectivity index (χ1n) is 6.34. The van der Waals surface area contributed by atoms with Crippen LogP contribution < -0.4 is 5.32 Å². The number of anilines is 1. The Morgan fingerprint density at radius 1 is 1.39 bits per heavy atom. The van der Waals surface area contributed by atoms with Gasteiger partial charge in [0.05, 0.1) is 0 Å². The van der Waals surface area contributed by atoms with Crippen molar-refractivity contribution in [3.63, 3.8) is 0 Å². The Balaban J connectivity index is 1.93. The zero-order valence-electron chi connectivity index (χ0n) is 10.9. The SMILES string of the molecule is CC(=O)N1CCC(Nc2ccc(Cl)cc2C)CC1. The van der Waals surface area contributed by atoms with Gasteiger partial charge in [-0.15, -0.1) is 0 Å². The molecule has 1 aromatic carbocycles. The largest absolute Gasteiger partial charge is 0.382 e.